The van der Waals surface area contributed by atoms with E-state index in [-0.39, 0.29) is 24.0 Å². The largest absolute Gasteiger partial charge is 0.381 e. The van der Waals surface area contributed by atoms with Gasteiger partial charge in [0.1, 0.15) is 0 Å². The molecule has 3 fully saturated rings. The summed E-state index contributed by atoms with van der Waals surface area (Å²) in [5, 5.41) is 3.64. The predicted molar refractivity (Wildman–Crippen MR) is 97.4 cm³/mol. The zero-order chi connectivity index (χ0) is 14.1. The van der Waals surface area contributed by atoms with Crippen LogP contribution >= 0.6 is 24.0 Å². The summed E-state index contributed by atoms with van der Waals surface area (Å²) in [6.45, 7) is 7.61. The van der Waals surface area contributed by atoms with E-state index in [1.807, 2.05) is 7.05 Å². The lowest BCUT2D eigenvalue weighted by atomic mass is 9.87. The van der Waals surface area contributed by atoms with Crippen molar-refractivity contribution in [2.45, 2.75) is 45.4 Å². The number of rotatable bonds is 2. The Bertz CT molecular complexity index is 374. The first-order valence-electron chi connectivity index (χ1n) is 8.18. The lowest BCUT2D eigenvalue weighted by Crippen LogP contribution is -2.44. The summed E-state index contributed by atoms with van der Waals surface area (Å²) in [6.07, 6.45) is 7.97. The Balaban J connectivity index is 0.00000161. The second kappa shape index (κ2) is 7.02. The Hall–Kier alpha value is -0.0400. The lowest BCUT2D eigenvalue weighted by molar-refractivity contribution is 0.156. The maximum Gasteiger partial charge on any atom is 0.193 e. The fraction of sp³-hybridized carbons (Fsp3) is 0.938. The van der Waals surface area contributed by atoms with Gasteiger partial charge in [0, 0.05) is 38.7 Å². The van der Waals surface area contributed by atoms with E-state index in [0.29, 0.717) is 10.8 Å². The van der Waals surface area contributed by atoms with Gasteiger partial charge >= 0.3 is 0 Å². The predicted octanol–water partition coefficient (Wildman–Crippen LogP) is 2.87. The summed E-state index contributed by atoms with van der Waals surface area (Å²) in [7, 11) is 1.91. The van der Waals surface area contributed by atoms with Crippen molar-refractivity contribution in [2.75, 3.05) is 39.9 Å². The van der Waals surface area contributed by atoms with Gasteiger partial charge in [0.05, 0.1) is 6.61 Å². The highest BCUT2D eigenvalue weighted by atomic mass is 127. The van der Waals surface area contributed by atoms with Crippen molar-refractivity contribution in [1.29, 1.82) is 0 Å². The second-order valence-electron chi connectivity index (χ2n) is 7.39. The second-order valence-corrected chi connectivity index (χ2v) is 7.39. The Labute approximate surface area is 146 Å². The molecule has 0 aromatic rings. The highest BCUT2D eigenvalue weighted by molar-refractivity contribution is 14.0. The highest BCUT2D eigenvalue weighted by Crippen LogP contribution is 2.39. The molecule has 1 spiro atoms. The van der Waals surface area contributed by atoms with Crippen LogP contribution in [0.25, 0.3) is 0 Å². The smallest absolute Gasteiger partial charge is 0.193 e. The molecule has 122 valence electrons. The third-order valence-electron chi connectivity index (χ3n) is 5.62. The minimum absolute atomic E-state index is 0. The molecule has 2 heterocycles. The molecule has 0 aromatic heterocycles. The van der Waals surface area contributed by atoms with Gasteiger partial charge in [-0.3, -0.25) is 4.99 Å². The van der Waals surface area contributed by atoms with Crippen molar-refractivity contribution in [3.8, 4) is 0 Å². The third kappa shape index (κ3) is 3.84. The lowest BCUT2D eigenvalue weighted by Gasteiger charge is -2.29. The topological polar surface area (TPSA) is 36.9 Å². The van der Waals surface area contributed by atoms with Crippen molar-refractivity contribution >= 4 is 29.9 Å². The normalized spacial score (nSPS) is 31.7. The fourth-order valence-electron chi connectivity index (χ4n) is 4.12. The molecule has 2 aliphatic heterocycles. The Morgan fingerprint density at radius 3 is 2.62 bits per heavy atom. The van der Waals surface area contributed by atoms with Gasteiger partial charge in [0.25, 0.3) is 0 Å². The SMILES string of the molecule is CN=C(NCC1(C)CCCC1)N1CCC2(CCOC2)C1.I. The zero-order valence-corrected chi connectivity index (χ0v) is 15.8. The van der Waals surface area contributed by atoms with E-state index < -0.39 is 0 Å². The maximum absolute atomic E-state index is 5.61. The number of aliphatic imine (C=N–C) groups is 1. The van der Waals surface area contributed by atoms with Gasteiger partial charge in [-0.15, -0.1) is 24.0 Å². The van der Waals surface area contributed by atoms with Crippen LogP contribution in [0.2, 0.25) is 0 Å². The van der Waals surface area contributed by atoms with Crippen LogP contribution in [0.5, 0.6) is 0 Å². The number of hydrogen-bond donors (Lipinski definition) is 1. The average Bonchev–Trinajstić information content (AvgIpc) is 3.16. The van der Waals surface area contributed by atoms with E-state index in [1.54, 1.807) is 0 Å². The third-order valence-corrected chi connectivity index (χ3v) is 5.62. The molecule has 1 atom stereocenters. The Morgan fingerprint density at radius 2 is 2.00 bits per heavy atom. The van der Waals surface area contributed by atoms with Crippen LogP contribution in [0.4, 0.5) is 0 Å². The van der Waals surface area contributed by atoms with Crippen LogP contribution in [-0.4, -0.2) is 50.8 Å². The van der Waals surface area contributed by atoms with Gasteiger partial charge < -0.3 is 15.0 Å². The molecule has 1 N–H and O–H groups in total. The van der Waals surface area contributed by atoms with E-state index >= 15 is 0 Å². The molecule has 5 heteroatoms. The van der Waals surface area contributed by atoms with Gasteiger partial charge in [0.15, 0.2) is 5.96 Å². The number of halogens is 1. The van der Waals surface area contributed by atoms with Gasteiger partial charge in [-0.1, -0.05) is 19.8 Å². The first-order chi connectivity index (χ1) is 9.65. The maximum atomic E-state index is 5.61. The average molecular weight is 407 g/mol. The first kappa shape index (κ1) is 17.3. The summed E-state index contributed by atoms with van der Waals surface area (Å²) in [5.74, 6) is 1.10. The molecule has 0 aromatic carbocycles. The van der Waals surface area contributed by atoms with Crippen LogP contribution in [0.15, 0.2) is 4.99 Å². The molecule has 4 nitrogen and oxygen atoms in total. The molecule has 0 amide bonds. The molecular weight excluding hydrogens is 377 g/mol. The van der Waals surface area contributed by atoms with Crippen LogP contribution in [0, 0.1) is 10.8 Å². The number of ether oxygens (including phenoxy) is 1. The van der Waals surface area contributed by atoms with Gasteiger partial charge in [0.2, 0.25) is 0 Å². The quantitative estimate of drug-likeness (QED) is 0.435. The number of likely N-dealkylation sites (tertiary alicyclic amines) is 1. The Kier molecular flexibility index (Phi) is 5.79. The molecule has 21 heavy (non-hydrogen) atoms. The summed E-state index contributed by atoms with van der Waals surface area (Å²) < 4.78 is 5.61. The van der Waals surface area contributed by atoms with Crippen molar-refractivity contribution in [2.24, 2.45) is 15.8 Å². The zero-order valence-electron chi connectivity index (χ0n) is 13.5. The molecular formula is C16H30IN3O. The highest BCUT2D eigenvalue weighted by Gasteiger charge is 2.42. The standard InChI is InChI=1S/C16H29N3O.HI/c1-15(5-3-4-6-15)11-18-14(17-2)19-9-7-16(12-19)8-10-20-13-16;/h3-13H2,1-2H3,(H,17,18);1H. The molecule has 2 saturated heterocycles. The monoisotopic (exact) mass is 407 g/mol. The summed E-state index contributed by atoms with van der Waals surface area (Å²) in [5.41, 5.74) is 0.888. The number of nitrogens with zero attached hydrogens (tertiary/aromatic N) is 2. The van der Waals surface area contributed by atoms with Crippen LogP contribution < -0.4 is 5.32 Å². The Morgan fingerprint density at radius 1 is 1.24 bits per heavy atom. The number of nitrogens with one attached hydrogen (secondary N) is 1. The summed E-state index contributed by atoms with van der Waals surface area (Å²) >= 11 is 0. The molecule has 1 saturated carbocycles. The van der Waals surface area contributed by atoms with Crippen molar-refractivity contribution in [1.82, 2.24) is 10.2 Å². The molecule has 3 aliphatic rings. The van der Waals surface area contributed by atoms with E-state index in [9.17, 15) is 0 Å². The molecule has 3 rings (SSSR count). The molecule has 0 radical (unpaired) electrons. The van der Waals surface area contributed by atoms with Crippen LogP contribution in [0.1, 0.15) is 45.4 Å². The summed E-state index contributed by atoms with van der Waals surface area (Å²) in [4.78, 5) is 6.94. The van der Waals surface area contributed by atoms with E-state index in [0.717, 1.165) is 38.8 Å². The van der Waals surface area contributed by atoms with Gasteiger partial charge in [-0.2, -0.15) is 0 Å². The molecule has 1 unspecified atom stereocenters. The fourth-order valence-corrected chi connectivity index (χ4v) is 4.12. The van der Waals surface area contributed by atoms with Crippen LogP contribution in [-0.2, 0) is 4.74 Å². The van der Waals surface area contributed by atoms with E-state index in [1.165, 1.54) is 38.5 Å². The first-order valence-corrected chi connectivity index (χ1v) is 8.18. The molecule has 0 bridgehead atoms. The number of guanidine groups is 1. The van der Waals surface area contributed by atoms with Crippen molar-refractivity contribution < 1.29 is 4.74 Å². The number of hydrogen-bond acceptors (Lipinski definition) is 2. The van der Waals surface area contributed by atoms with Crippen molar-refractivity contribution in [3.63, 3.8) is 0 Å². The van der Waals surface area contributed by atoms with E-state index in [2.05, 4.69) is 22.1 Å². The van der Waals surface area contributed by atoms with Gasteiger partial charge in [-0.25, -0.2) is 0 Å². The van der Waals surface area contributed by atoms with Crippen LogP contribution in [0.3, 0.4) is 0 Å². The van der Waals surface area contributed by atoms with E-state index in [4.69, 9.17) is 4.74 Å². The minimum atomic E-state index is 0. The summed E-state index contributed by atoms with van der Waals surface area (Å²) in [6, 6.07) is 0. The molecule has 1 aliphatic carbocycles. The minimum Gasteiger partial charge on any atom is -0.381 e. The van der Waals surface area contributed by atoms with Gasteiger partial charge in [-0.05, 0) is 31.1 Å². The van der Waals surface area contributed by atoms with Crippen molar-refractivity contribution in [3.05, 3.63) is 0 Å².